The van der Waals surface area contributed by atoms with Crippen LogP contribution in [-0.2, 0) is 14.4 Å². The molecule has 3 N–H and O–H groups in total. The number of urea groups is 1. The topological polar surface area (TPSA) is 125 Å². The third kappa shape index (κ3) is 4.93. The van der Waals surface area contributed by atoms with Gasteiger partial charge in [0.25, 0.3) is 5.91 Å². The van der Waals surface area contributed by atoms with Gasteiger partial charge in [-0.2, -0.15) is 0 Å². The Morgan fingerprint density at radius 3 is 2.62 bits per heavy atom. The van der Waals surface area contributed by atoms with Gasteiger partial charge in [0.1, 0.15) is 5.75 Å². The molecule has 0 aromatic heterocycles. The highest BCUT2D eigenvalue weighted by atomic mass is 16.5. The molecular formula is C25H25N3O6. The maximum atomic E-state index is 12.8. The first kappa shape index (κ1) is 23.0. The summed E-state index contributed by atoms with van der Waals surface area (Å²) in [6.07, 6.45) is 2.40. The summed E-state index contributed by atoms with van der Waals surface area (Å²) >= 11 is 0. The molecule has 34 heavy (non-hydrogen) atoms. The predicted octanol–water partition coefficient (Wildman–Crippen LogP) is 2.63. The van der Waals surface area contributed by atoms with Gasteiger partial charge in [-0.25, -0.2) is 4.79 Å². The van der Waals surface area contributed by atoms with Crippen LogP contribution in [0, 0.1) is 0 Å². The van der Waals surface area contributed by atoms with E-state index in [1.807, 2.05) is 36.4 Å². The second kappa shape index (κ2) is 9.78. The van der Waals surface area contributed by atoms with E-state index in [-0.39, 0.29) is 0 Å². The molecule has 2 unspecified atom stereocenters. The standard InChI is InChI=1S/C25H25N3O6/c1-34-19-11-16(15-6-3-2-4-7-15)10-17(12-19)20(14-22(30)31)26-25(33)27-23-21(29)13-18-8-5-9-28(18)24(23)32/h2-4,6-7,10-13,20,23H,5,8-9,14H2,1H3,(H,30,31)(H2,26,27,33). The van der Waals surface area contributed by atoms with Crippen LogP contribution < -0.4 is 15.4 Å². The van der Waals surface area contributed by atoms with Crippen LogP contribution >= 0.6 is 0 Å². The fourth-order valence-corrected chi connectivity index (χ4v) is 4.25. The number of carbonyl (C=O) groups excluding carboxylic acids is 3. The molecule has 1 saturated heterocycles. The average molecular weight is 463 g/mol. The molecule has 3 amide bonds. The number of nitrogens with one attached hydrogen (secondary N) is 2. The number of carboxylic acid groups (broad SMARTS) is 1. The number of nitrogens with zero attached hydrogens (tertiary/aromatic N) is 1. The molecule has 9 nitrogen and oxygen atoms in total. The van der Waals surface area contributed by atoms with Gasteiger partial charge in [-0.3, -0.25) is 14.4 Å². The van der Waals surface area contributed by atoms with Gasteiger partial charge in [-0.15, -0.1) is 0 Å². The number of carbonyl (C=O) groups is 4. The van der Waals surface area contributed by atoms with Gasteiger partial charge in [0, 0.05) is 18.3 Å². The Labute approximate surface area is 196 Å². The Balaban J connectivity index is 1.57. The number of aliphatic carboxylic acids is 1. The summed E-state index contributed by atoms with van der Waals surface area (Å²) in [5.41, 5.74) is 2.87. The third-order valence-electron chi connectivity index (χ3n) is 5.90. The lowest BCUT2D eigenvalue weighted by atomic mass is 9.97. The van der Waals surface area contributed by atoms with E-state index in [9.17, 15) is 24.3 Å². The van der Waals surface area contributed by atoms with E-state index in [4.69, 9.17) is 4.74 Å². The normalized spacial score (nSPS) is 18.1. The molecule has 4 rings (SSSR count). The molecule has 2 aliphatic rings. The molecule has 9 heteroatoms. The van der Waals surface area contributed by atoms with Crippen LogP contribution in [0.15, 0.2) is 60.3 Å². The fraction of sp³-hybridized carbons (Fsp3) is 0.280. The van der Waals surface area contributed by atoms with Gasteiger partial charge in [0.05, 0.1) is 19.6 Å². The molecule has 1 fully saturated rings. The summed E-state index contributed by atoms with van der Waals surface area (Å²) in [7, 11) is 1.50. The Kier molecular flexibility index (Phi) is 6.62. The molecule has 0 aliphatic carbocycles. The maximum Gasteiger partial charge on any atom is 0.316 e. The summed E-state index contributed by atoms with van der Waals surface area (Å²) in [6.45, 7) is 0.505. The molecule has 2 aromatic rings. The van der Waals surface area contributed by atoms with Crippen molar-refractivity contribution < 1.29 is 29.0 Å². The molecule has 2 aromatic carbocycles. The number of hydrogen-bond donors (Lipinski definition) is 3. The second-order valence-corrected chi connectivity index (χ2v) is 8.19. The first-order valence-electron chi connectivity index (χ1n) is 10.9. The smallest absolute Gasteiger partial charge is 0.316 e. The molecule has 2 heterocycles. The van der Waals surface area contributed by atoms with Crippen molar-refractivity contribution in [2.45, 2.75) is 31.3 Å². The minimum Gasteiger partial charge on any atom is -0.497 e. The lowest BCUT2D eigenvalue weighted by molar-refractivity contribution is -0.138. The summed E-state index contributed by atoms with van der Waals surface area (Å²) in [5, 5.41) is 14.5. The number of fused-ring (bicyclic) bond motifs is 1. The zero-order valence-electron chi connectivity index (χ0n) is 18.6. The van der Waals surface area contributed by atoms with Gasteiger partial charge in [0.15, 0.2) is 11.8 Å². The molecule has 0 radical (unpaired) electrons. The predicted molar refractivity (Wildman–Crippen MR) is 123 cm³/mol. The number of rotatable bonds is 7. The van der Waals surface area contributed by atoms with Crippen LogP contribution in [0.4, 0.5) is 4.79 Å². The number of amides is 3. The number of benzene rings is 2. The lowest BCUT2D eigenvalue weighted by Gasteiger charge is -2.28. The van der Waals surface area contributed by atoms with E-state index in [1.54, 1.807) is 12.1 Å². The van der Waals surface area contributed by atoms with E-state index in [0.29, 0.717) is 30.0 Å². The van der Waals surface area contributed by atoms with Gasteiger partial charge in [-0.1, -0.05) is 30.3 Å². The fourth-order valence-electron chi connectivity index (χ4n) is 4.25. The zero-order chi connectivity index (χ0) is 24.2. The van der Waals surface area contributed by atoms with E-state index < -0.39 is 42.2 Å². The monoisotopic (exact) mass is 463 g/mol. The first-order chi connectivity index (χ1) is 16.4. The molecule has 2 atom stereocenters. The van der Waals surface area contributed by atoms with Crippen LogP contribution in [0.5, 0.6) is 5.75 Å². The molecular weight excluding hydrogens is 438 g/mol. The van der Waals surface area contributed by atoms with Crippen molar-refractivity contribution in [2.75, 3.05) is 13.7 Å². The number of allylic oxidation sites excluding steroid dienone is 1. The van der Waals surface area contributed by atoms with Crippen LogP contribution in [0.25, 0.3) is 11.1 Å². The van der Waals surface area contributed by atoms with Gasteiger partial charge in [-0.05, 0) is 47.7 Å². The summed E-state index contributed by atoms with van der Waals surface area (Å²) in [5.74, 6) is -1.59. The minimum absolute atomic E-state index is 0.405. The van der Waals surface area contributed by atoms with Gasteiger partial charge >= 0.3 is 12.0 Å². The first-order valence-corrected chi connectivity index (χ1v) is 10.9. The molecule has 176 valence electrons. The number of carboxylic acids is 1. The van der Waals surface area contributed by atoms with Crippen molar-refractivity contribution in [3.8, 4) is 16.9 Å². The van der Waals surface area contributed by atoms with E-state index in [0.717, 1.165) is 17.5 Å². The van der Waals surface area contributed by atoms with Crippen LogP contribution in [0.1, 0.15) is 30.9 Å². The zero-order valence-corrected chi connectivity index (χ0v) is 18.6. The molecule has 0 saturated carbocycles. The molecule has 0 spiro atoms. The number of hydrogen-bond acceptors (Lipinski definition) is 5. The van der Waals surface area contributed by atoms with E-state index in [1.165, 1.54) is 18.1 Å². The SMILES string of the molecule is COc1cc(-c2ccccc2)cc(C(CC(=O)O)NC(=O)NC2C(=O)C=C3CCCN3C2=O)c1. The Morgan fingerprint density at radius 2 is 1.91 bits per heavy atom. The summed E-state index contributed by atoms with van der Waals surface area (Å²) < 4.78 is 5.39. The highest BCUT2D eigenvalue weighted by Gasteiger charge is 2.39. The number of methoxy groups -OCH3 is 1. The highest BCUT2D eigenvalue weighted by Crippen LogP contribution is 2.30. The van der Waals surface area contributed by atoms with Crippen molar-refractivity contribution in [1.82, 2.24) is 15.5 Å². The summed E-state index contributed by atoms with van der Waals surface area (Å²) in [6, 6.07) is 11.6. The largest absolute Gasteiger partial charge is 0.497 e. The summed E-state index contributed by atoms with van der Waals surface area (Å²) in [4.78, 5) is 51.0. The minimum atomic E-state index is -1.34. The molecule has 0 bridgehead atoms. The van der Waals surface area contributed by atoms with Crippen molar-refractivity contribution in [3.63, 3.8) is 0 Å². The van der Waals surface area contributed by atoms with Crippen molar-refractivity contribution in [2.24, 2.45) is 0 Å². The van der Waals surface area contributed by atoms with Crippen molar-refractivity contribution >= 4 is 23.7 Å². The highest BCUT2D eigenvalue weighted by molar-refractivity contribution is 6.15. The number of ether oxygens (including phenoxy) is 1. The lowest BCUT2D eigenvalue weighted by Crippen LogP contribution is -2.56. The van der Waals surface area contributed by atoms with Gasteiger partial charge in [0.2, 0.25) is 0 Å². The van der Waals surface area contributed by atoms with E-state index >= 15 is 0 Å². The van der Waals surface area contributed by atoms with Crippen molar-refractivity contribution in [3.05, 3.63) is 65.9 Å². The van der Waals surface area contributed by atoms with E-state index in [2.05, 4.69) is 10.6 Å². The maximum absolute atomic E-state index is 12.8. The van der Waals surface area contributed by atoms with Crippen LogP contribution in [0.2, 0.25) is 0 Å². The van der Waals surface area contributed by atoms with Crippen LogP contribution in [0.3, 0.4) is 0 Å². The quantitative estimate of drug-likeness (QED) is 0.542. The number of ketones is 1. The third-order valence-corrected chi connectivity index (χ3v) is 5.90. The van der Waals surface area contributed by atoms with Crippen LogP contribution in [-0.4, -0.2) is 53.4 Å². The van der Waals surface area contributed by atoms with Crippen molar-refractivity contribution in [1.29, 1.82) is 0 Å². The van der Waals surface area contributed by atoms with Gasteiger partial charge < -0.3 is 25.4 Å². The molecule has 2 aliphatic heterocycles. The Bertz CT molecular complexity index is 1160. The second-order valence-electron chi connectivity index (χ2n) is 8.19. The Hall–Kier alpha value is -4.14. The average Bonchev–Trinajstić information content (AvgIpc) is 3.30. The Morgan fingerprint density at radius 1 is 1.15 bits per heavy atom.